The lowest BCUT2D eigenvalue weighted by Gasteiger charge is -2.38. The Kier molecular flexibility index (Phi) is 10.7. The highest BCUT2D eigenvalue weighted by molar-refractivity contribution is 7.92. The molecule has 1 heterocycles. The Labute approximate surface area is 244 Å². The number of carbonyl (C=O) groups is 1. The molecule has 4 rings (SSSR count). The summed E-state index contributed by atoms with van der Waals surface area (Å²) in [5.74, 6) is 1.35. The Morgan fingerprint density at radius 1 is 0.927 bits per heavy atom. The molecule has 9 heteroatoms. The maximum absolute atomic E-state index is 13.3. The maximum Gasteiger partial charge on any atom is 0.322 e. The second-order valence-electron chi connectivity index (χ2n) is 10.7. The first-order valence-corrected chi connectivity index (χ1v) is 16.3. The number of benzene rings is 3. The number of ether oxygens (including phenoxy) is 1. The van der Waals surface area contributed by atoms with Gasteiger partial charge in [-0.2, -0.15) is 0 Å². The summed E-state index contributed by atoms with van der Waals surface area (Å²) in [7, 11) is -3.31. The molecular formula is C32H42N4O4S. The normalized spacial score (nSPS) is 14.4. The Morgan fingerprint density at radius 2 is 1.59 bits per heavy atom. The van der Waals surface area contributed by atoms with Gasteiger partial charge in [-0.05, 0) is 85.3 Å². The quantitative estimate of drug-likeness (QED) is 0.249. The van der Waals surface area contributed by atoms with Gasteiger partial charge < -0.3 is 15.0 Å². The molecule has 220 valence electrons. The topological polar surface area (TPSA) is 91.0 Å². The highest BCUT2D eigenvalue weighted by Gasteiger charge is 2.28. The predicted octanol–water partition coefficient (Wildman–Crippen LogP) is 6.71. The number of sulfonamides is 1. The molecule has 0 unspecified atom stereocenters. The number of unbranched alkanes of at least 4 members (excludes halogenated alkanes) is 1. The first kappa shape index (κ1) is 30.4. The number of amides is 2. The summed E-state index contributed by atoms with van der Waals surface area (Å²) in [5, 5.41) is 3.14. The summed E-state index contributed by atoms with van der Waals surface area (Å²) in [4.78, 5) is 17.8. The maximum atomic E-state index is 13.3. The molecule has 1 saturated heterocycles. The Bertz CT molecular complexity index is 1370. The van der Waals surface area contributed by atoms with Crippen molar-refractivity contribution >= 4 is 27.4 Å². The highest BCUT2D eigenvalue weighted by atomic mass is 32.2. The van der Waals surface area contributed by atoms with E-state index >= 15 is 0 Å². The molecule has 0 saturated carbocycles. The van der Waals surface area contributed by atoms with E-state index in [4.69, 9.17) is 4.74 Å². The number of carbonyl (C=O) groups excluding carboxylic acids is 1. The molecule has 0 aliphatic carbocycles. The van der Waals surface area contributed by atoms with E-state index in [0.717, 1.165) is 76.0 Å². The van der Waals surface area contributed by atoms with Crippen molar-refractivity contribution < 1.29 is 17.9 Å². The molecule has 0 bridgehead atoms. The van der Waals surface area contributed by atoms with Gasteiger partial charge in [0.2, 0.25) is 10.0 Å². The summed E-state index contributed by atoms with van der Waals surface area (Å²) in [6.45, 7) is 7.79. The smallest absolute Gasteiger partial charge is 0.322 e. The molecule has 0 aromatic heterocycles. The molecule has 2 N–H and O–H groups in total. The second-order valence-corrected chi connectivity index (χ2v) is 12.4. The van der Waals surface area contributed by atoms with Crippen LogP contribution in [0.3, 0.4) is 0 Å². The number of hydrogen-bond donors (Lipinski definition) is 2. The zero-order valence-electron chi connectivity index (χ0n) is 24.3. The number of urea groups is 1. The third-order valence-corrected chi connectivity index (χ3v) is 7.93. The van der Waals surface area contributed by atoms with Gasteiger partial charge in [0.05, 0.1) is 6.26 Å². The molecule has 0 radical (unpaired) electrons. The first-order chi connectivity index (χ1) is 19.7. The van der Waals surface area contributed by atoms with E-state index in [1.807, 2.05) is 24.3 Å². The summed E-state index contributed by atoms with van der Waals surface area (Å²) in [5.41, 5.74) is 3.78. The minimum atomic E-state index is -3.31. The van der Waals surface area contributed by atoms with Crippen LogP contribution in [0.4, 0.5) is 16.2 Å². The van der Waals surface area contributed by atoms with Crippen molar-refractivity contribution in [3.8, 4) is 11.5 Å². The fourth-order valence-corrected chi connectivity index (χ4v) is 5.66. The first-order valence-electron chi connectivity index (χ1n) is 14.5. The SMILES string of the molecule is CCCCN(C(=O)Nc1cccc(CC)c1)C1CCN(Cc2ccc(Oc3ccc(NS(C)(=O)=O)cc3)cc2)CC1. The molecule has 1 fully saturated rings. The number of aryl methyl sites for hydroxylation is 1. The van der Waals surface area contributed by atoms with Crippen LogP contribution in [0, 0.1) is 0 Å². The average Bonchev–Trinajstić information content (AvgIpc) is 2.95. The van der Waals surface area contributed by atoms with Crippen molar-refractivity contribution in [1.29, 1.82) is 0 Å². The summed E-state index contributed by atoms with van der Waals surface area (Å²) in [6, 6.07) is 23.2. The fraction of sp³-hybridized carbons (Fsp3) is 0.406. The van der Waals surface area contributed by atoms with Crippen molar-refractivity contribution in [2.24, 2.45) is 0 Å². The molecule has 1 aliphatic rings. The van der Waals surface area contributed by atoms with Crippen LogP contribution >= 0.6 is 0 Å². The zero-order chi connectivity index (χ0) is 29.2. The van der Waals surface area contributed by atoms with E-state index < -0.39 is 10.0 Å². The summed E-state index contributed by atoms with van der Waals surface area (Å²) in [6.07, 6.45) is 6.03. The zero-order valence-corrected chi connectivity index (χ0v) is 25.1. The van der Waals surface area contributed by atoms with Gasteiger partial charge in [0.1, 0.15) is 11.5 Å². The standard InChI is InChI=1S/C32H42N4O4S/c1-4-6-20-36(32(37)33-28-9-7-8-25(5-2)23-28)29-18-21-35(22-19-29)24-26-10-14-30(15-11-26)40-31-16-12-27(13-17-31)34-41(3,38)39/h7-17,23,29,34H,4-6,18-22,24H2,1-3H3,(H,33,37). The number of hydrogen-bond acceptors (Lipinski definition) is 5. The number of anilines is 2. The minimum Gasteiger partial charge on any atom is -0.457 e. The lowest BCUT2D eigenvalue weighted by molar-refractivity contribution is 0.122. The molecular weight excluding hydrogens is 536 g/mol. The third-order valence-electron chi connectivity index (χ3n) is 7.32. The van der Waals surface area contributed by atoms with Crippen LogP contribution in [-0.2, 0) is 23.0 Å². The summed E-state index contributed by atoms with van der Waals surface area (Å²) < 4.78 is 31.1. The van der Waals surface area contributed by atoms with E-state index in [1.165, 1.54) is 11.1 Å². The molecule has 1 aliphatic heterocycles. The van der Waals surface area contributed by atoms with Gasteiger partial charge in [0, 0.05) is 43.6 Å². The van der Waals surface area contributed by atoms with E-state index in [0.29, 0.717) is 11.4 Å². The lowest BCUT2D eigenvalue weighted by Crippen LogP contribution is -2.49. The fourth-order valence-electron chi connectivity index (χ4n) is 5.09. The van der Waals surface area contributed by atoms with Crippen LogP contribution in [0.25, 0.3) is 0 Å². The van der Waals surface area contributed by atoms with Crippen LogP contribution in [0.5, 0.6) is 11.5 Å². The minimum absolute atomic E-state index is 0.00189. The van der Waals surface area contributed by atoms with E-state index in [9.17, 15) is 13.2 Å². The number of piperidine rings is 1. The average molecular weight is 579 g/mol. The monoisotopic (exact) mass is 578 g/mol. The molecule has 3 aromatic rings. The molecule has 8 nitrogen and oxygen atoms in total. The van der Waals surface area contributed by atoms with Crippen LogP contribution in [0.15, 0.2) is 72.8 Å². The number of nitrogens with one attached hydrogen (secondary N) is 2. The number of likely N-dealkylation sites (tertiary alicyclic amines) is 1. The van der Waals surface area contributed by atoms with Gasteiger partial charge in [0.25, 0.3) is 0 Å². The van der Waals surface area contributed by atoms with Crippen molar-refractivity contribution in [2.45, 2.75) is 58.5 Å². The van der Waals surface area contributed by atoms with Crippen molar-refractivity contribution in [3.05, 3.63) is 83.9 Å². The number of nitrogens with zero attached hydrogens (tertiary/aromatic N) is 2. The molecule has 0 spiro atoms. The third kappa shape index (κ3) is 9.50. The van der Waals surface area contributed by atoms with E-state index in [2.05, 4.69) is 58.0 Å². The number of rotatable bonds is 12. The van der Waals surface area contributed by atoms with Gasteiger partial charge in [0.15, 0.2) is 0 Å². The second kappa shape index (κ2) is 14.4. The van der Waals surface area contributed by atoms with E-state index in [-0.39, 0.29) is 12.1 Å². The van der Waals surface area contributed by atoms with Gasteiger partial charge in [-0.1, -0.05) is 44.5 Å². The van der Waals surface area contributed by atoms with E-state index in [1.54, 1.807) is 24.3 Å². The lowest BCUT2D eigenvalue weighted by atomic mass is 10.0. The van der Waals surface area contributed by atoms with Crippen LogP contribution in [-0.4, -0.2) is 56.2 Å². The van der Waals surface area contributed by atoms with Crippen molar-refractivity contribution in [1.82, 2.24) is 9.80 Å². The molecule has 41 heavy (non-hydrogen) atoms. The van der Waals surface area contributed by atoms with Crippen LogP contribution < -0.4 is 14.8 Å². The molecule has 2 amide bonds. The van der Waals surface area contributed by atoms with Gasteiger partial charge in [-0.25, -0.2) is 13.2 Å². The predicted molar refractivity (Wildman–Crippen MR) is 166 cm³/mol. The Morgan fingerprint density at radius 3 is 2.20 bits per heavy atom. The Hall–Kier alpha value is -3.56. The Balaban J connectivity index is 1.28. The summed E-state index contributed by atoms with van der Waals surface area (Å²) >= 11 is 0. The van der Waals surface area contributed by atoms with Crippen LogP contribution in [0.1, 0.15) is 50.7 Å². The van der Waals surface area contributed by atoms with Crippen LogP contribution in [0.2, 0.25) is 0 Å². The molecule has 0 atom stereocenters. The highest BCUT2D eigenvalue weighted by Crippen LogP contribution is 2.25. The van der Waals surface area contributed by atoms with Gasteiger partial charge in [-0.3, -0.25) is 9.62 Å². The van der Waals surface area contributed by atoms with Gasteiger partial charge >= 0.3 is 6.03 Å². The van der Waals surface area contributed by atoms with Gasteiger partial charge in [-0.15, -0.1) is 0 Å². The largest absolute Gasteiger partial charge is 0.457 e. The van der Waals surface area contributed by atoms with Crippen molar-refractivity contribution in [2.75, 3.05) is 35.9 Å². The molecule has 3 aromatic carbocycles. The van der Waals surface area contributed by atoms with Crippen molar-refractivity contribution in [3.63, 3.8) is 0 Å².